The van der Waals surface area contributed by atoms with Crippen molar-refractivity contribution < 1.29 is 4.39 Å². The Kier molecular flexibility index (Phi) is 3.65. The van der Waals surface area contributed by atoms with Crippen molar-refractivity contribution >= 4 is 5.82 Å². The minimum Gasteiger partial charge on any atom is -0.370 e. The van der Waals surface area contributed by atoms with Crippen LogP contribution in [0.25, 0.3) is 0 Å². The highest BCUT2D eigenvalue weighted by atomic mass is 19.1. The molecule has 3 nitrogen and oxygen atoms in total. The summed E-state index contributed by atoms with van der Waals surface area (Å²) >= 11 is 0. The number of nitrogens with zero attached hydrogens (tertiary/aromatic N) is 2. The number of nitrogens with one attached hydrogen (secondary N) is 1. The summed E-state index contributed by atoms with van der Waals surface area (Å²) in [6, 6.07) is 8.22. The Morgan fingerprint density at radius 2 is 1.94 bits per heavy atom. The largest absolute Gasteiger partial charge is 0.370 e. The molecule has 1 aromatic carbocycles. The summed E-state index contributed by atoms with van der Waals surface area (Å²) in [5.41, 5.74) is 1.00. The summed E-state index contributed by atoms with van der Waals surface area (Å²) in [5.74, 6) is 1.32. The first-order valence-electron chi connectivity index (χ1n) is 5.58. The normalized spacial score (nSPS) is 10.2. The van der Waals surface area contributed by atoms with Gasteiger partial charge in [0.2, 0.25) is 0 Å². The van der Waals surface area contributed by atoms with E-state index < -0.39 is 0 Å². The van der Waals surface area contributed by atoms with Crippen LogP contribution in [0.15, 0.2) is 36.5 Å². The van der Waals surface area contributed by atoms with Crippen LogP contribution in [0.1, 0.15) is 18.3 Å². The summed E-state index contributed by atoms with van der Waals surface area (Å²) in [7, 11) is 0. The molecule has 0 aliphatic heterocycles. The molecule has 1 N–H and O–H groups in total. The van der Waals surface area contributed by atoms with E-state index in [1.807, 2.05) is 13.0 Å². The van der Waals surface area contributed by atoms with Gasteiger partial charge in [-0.15, -0.1) is 0 Å². The summed E-state index contributed by atoms with van der Waals surface area (Å²) in [5, 5.41) is 3.13. The zero-order valence-corrected chi connectivity index (χ0v) is 9.65. The Balaban J connectivity index is 2.12. The smallest absolute Gasteiger partial charge is 0.135 e. The molecule has 0 fully saturated rings. The van der Waals surface area contributed by atoms with Crippen LogP contribution < -0.4 is 5.32 Å². The quantitative estimate of drug-likeness (QED) is 0.879. The van der Waals surface area contributed by atoms with E-state index >= 15 is 0 Å². The zero-order chi connectivity index (χ0) is 12.1. The molecule has 1 heterocycles. The summed E-state index contributed by atoms with van der Waals surface area (Å²) in [4.78, 5) is 8.56. The average molecular weight is 231 g/mol. The minimum absolute atomic E-state index is 0.226. The highest BCUT2D eigenvalue weighted by Gasteiger charge is 2.01. The van der Waals surface area contributed by atoms with Gasteiger partial charge < -0.3 is 5.32 Å². The fourth-order valence-corrected chi connectivity index (χ4v) is 1.55. The molecular weight excluding hydrogens is 217 g/mol. The molecule has 4 heteroatoms. The number of hydrogen-bond acceptors (Lipinski definition) is 3. The van der Waals surface area contributed by atoms with Gasteiger partial charge in [-0.2, -0.15) is 0 Å². The number of hydrogen-bond donors (Lipinski definition) is 1. The van der Waals surface area contributed by atoms with Gasteiger partial charge in [0.15, 0.2) is 0 Å². The minimum atomic E-state index is -0.226. The van der Waals surface area contributed by atoms with E-state index in [0.29, 0.717) is 6.42 Å². The molecule has 2 rings (SSSR count). The second-order valence-electron chi connectivity index (χ2n) is 3.69. The van der Waals surface area contributed by atoms with Gasteiger partial charge in [0.1, 0.15) is 17.5 Å². The molecule has 0 radical (unpaired) electrons. The number of halogens is 1. The number of aromatic nitrogens is 2. The standard InChI is InChI=1S/C13H14FN3/c1-2-15-12-7-8-16-13(17-12)9-10-3-5-11(14)6-4-10/h3-8H,2,9H2,1H3,(H,15,16,17). The SMILES string of the molecule is CCNc1ccnc(Cc2ccc(F)cc2)n1. The van der Waals surface area contributed by atoms with Crippen LogP contribution in [0.2, 0.25) is 0 Å². The van der Waals surface area contributed by atoms with E-state index in [1.165, 1.54) is 12.1 Å². The third-order valence-corrected chi connectivity index (χ3v) is 2.34. The van der Waals surface area contributed by atoms with E-state index in [2.05, 4.69) is 15.3 Å². The third kappa shape index (κ3) is 3.24. The lowest BCUT2D eigenvalue weighted by molar-refractivity contribution is 0.627. The Labute approximate surface area is 99.7 Å². The second kappa shape index (κ2) is 5.39. The summed E-state index contributed by atoms with van der Waals surface area (Å²) < 4.78 is 12.7. The highest BCUT2D eigenvalue weighted by molar-refractivity contribution is 5.33. The van der Waals surface area contributed by atoms with E-state index in [0.717, 1.165) is 23.8 Å². The Morgan fingerprint density at radius 3 is 2.65 bits per heavy atom. The fraction of sp³-hybridized carbons (Fsp3) is 0.231. The molecule has 0 bridgehead atoms. The molecule has 2 aromatic rings. The molecule has 0 atom stereocenters. The van der Waals surface area contributed by atoms with Gasteiger partial charge in [-0.25, -0.2) is 14.4 Å². The van der Waals surface area contributed by atoms with Crippen LogP contribution in [0.4, 0.5) is 10.2 Å². The van der Waals surface area contributed by atoms with E-state index in [4.69, 9.17) is 0 Å². The lowest BCUT2D eigenvalue weighted by Gasteiger charge is -2.04. The summed E-state index contributed by atoms with van der Waals surface area (Å²) in [6.07, 6.45) is 2.34. The Morgan fingerprint density at radius 1 is 1.18 bits per heavy atom. The lowest BCUT2D eigenvalue weighted by atomic mass is 10.1. The number of rotatable bonds is 4. The zero-order valence-electron chi connectivity index (χ0n) is 9.65. The van der Waals surface area contributed by atoms with Crippen LogP contribution in [0.5, 0.6) is 0 Å². The maximum absolute atomic E-state index is 12.7. The monoisotopic (exact) mass is 231 g/mol. The van der Waals surface area contributed by atoms with E-state index in [1.54, 1.807) is 18.3 Å². The van der Waals surface area contributed by atoms with Gasteiger partial charge in [0.05, 0.1) is 0 Å². The van der Waals surface area contributed by atoms with Crippen molar-refractivity contribution in [2.75, 3.05) is 11.9 Å². The first kappa shape index (κ1) is 11.5. The molecule has 88 valence electrons. The van der Waals surface area contributed by atoms with Crippen LogP contribution in [-0.2, 0) is 6.42 Å². The van der Waals surface area contributed by atoms with Gasteiger partial charge in [0.25, 0.3) is 0 Å². The van der Waals surface area contributed by atoms with Crippen LogP contribution >= 0.6 is 0 Å². The second-order valence-corrected chi connectivity index (χ2v) is 3.69. The molecule has 0 saturated carbocycles. The third-order valence-electron chi connectivity index (χ3n) is 2.34. The summed E-state index contributed by atoms with van der Waals surface area (Å²) in [6.45, 7) is 2.84. The maximum Gasteiger partial charge on any atom is 0.135 e. The first-order chi connectivity index (χ1) is 8.28. The first-order valence-corrected chi connectivity index (χ1v) is 5.58. The van der Waals surface area contributed by atoms with Crippen molar-refractivity contribution in [2.24, 2.45) is 0 Å². The molecule has 0 unspecified atom stereocenters. The van der Waals surface area contributed by atoms with Crippen molar-refractivity contribution in [2.45, 2.75) is 13.3 Å². The van der Waals surface area contributed by atoms with Gasteiger partial charge in [-0.05, 0) is 30.7 Å². The average Bonchev–Trinajstić information content (AvgIpc) is 2.33. The van der Waals surface area contributed by atoms with Gasteiger partial charge in [-0.3, -0.25) is 0 Å². The Hall–Kier alpha value is -1.97. The molecule has 0 aliphatic rings. The van der Waals surface area contributed by atoms with E-state index in [9.17, 15) is 4.39 Å². The molecule has 0 amide bonds. The highest BCUT2D eigenvalue weighted by Crippen LogP contribution is 2.09. The van der Waals surface area contributed by atoms with Crippen molar-refractivity contribution in [1.82, 2.24) is 9.97 Å². The molecular formula is C13H14FN3. The fourth-order valence-electron chi connectivity index (χ4n) is 1.55. The van der Waals surface area contributed by atoms with Gasteiger partial charge >= 0.3 is 0 Å². The topological polar surface area (TPSA) is 37.8 Å². The van der Waals surface area contributed by atoms with Crippen molar-refractivity contribution in [3.63, 3.8) is 0 Å². The molecule has 0 aliphatic carbocycles. The lowest BCUT2D eigenvalue weighted by Crippen LogP contribution is -2.03. The maximum atomic E-state index is 12.7. The van der Waals surface area contributed by atoms with Crippen LogP contribution in [0.3, 0.4) is 0 Å². The van der Waals surface area contributed by atoms with Crippen molar-refractivity contribution in [3.05, 3.63) is 53.7 Å². The Bertz CT molecular complexity index is 482. The number of benzene rings is 1. The predicted octanol–water partition coefficient (Wildman–Crippen LogP) is 2.64. The van der Waals surface area contributed by atoms with E-state index in [-0.39, 0.29) is 5.82 Å². The van der Waals surface area contributed by atoms with Crippen LogP contribution in [-0.4, -0.2) is 16.5 Å². The van der Waals surface area contributed by atoms with Gasteiger partial charge in [-0.1, -0.05) is 12.1 Å². The van der Waals surface area contributed by atoms with Crippen molar-refractivity contribution in [1.29, 1.82) is 0 Å². The number of anilines is 1. The molecule has 0 spiro atoms. The predicted molar refractivity (Wildman–Crippen MR) is 65.4 cm³/mol. The van der Waals surface area contributed by atoms with Gasteiger partial charge in [0, 0.05) is 19.2 Å². The molecule has 0 saturated heterocycles. The van der Waals surface area contributed by atoms with Crippen molar-refractivity contribution in [3.8, 4) is 0 Å². The van der Waals surface area contributed by atoms with Crippen LogP contribution in [0, 0.1) is 5.82 Å². The molecule has 1 aromatic heterocycles. The molecule has 17 heavy (non-hydrogen) atoms.